The molecule has 1 rings (SSSR count). The maximum atomic E-state index is 11.6. The SMILES string of the molecule is NC(=NCCC[C@H](N)C(=O)O)N1CC(CCl)CC1=O. The summed E-state index contributed by atoms with van der Waals surface area (Å²) in [7, 11) is 0. The Balaban J connectivity index is 2.37. The van der Waals surface area contributed by atoms with E-state index < -0.39 is 12.0 Å². The Morgan fingerprint density at radius 3 is 2.84 bits per heavy atom. The van der Waals surface area contributed by atoms with E-state index in [0.29, 0.717) is 38.2 Å². The first-order chi connectivity index (χ1) is 8.95. The molecule has 0 saturated carbocycles. The minimum atomic E-state index is -1.03. The molecule has 0 radical (unpaired) electrons. The Kier molecular flexibility index (Phi) is 6.04. The maximum absolute atomic E-state index is 11.6. The van der Waals surface area contributed by atoms with Gasteiger partial charge in [0.1, 0.15) is 6.04 Å². The van der Waals surface area contributed by atoms with Gasteiger partial charge in [0.05, 0.1) is 0 Å². The van der Waals surface area contributed by atoms with Crippen LogP contribution in [0, 0.1) is 5.92 Å². The zero-order valence-corrected chi connectivity index (χ0v) is 11.3. The molecule has 108 valence electrons. The average molecular weight is 291 g/mol. The van der Waals surface area contributed by atoms with Crippen LogP contribution in [0.3, 0.4) is 0 Å². The molecule has 1 heterocycles. The quantitative estimate of drug-likeness (QED) is 0.265. The molecule has 1 aliphatic heterocycles. The molecule has 0 bridgehead atoms. The monoisotopic (exact) mass is 290 g/mol. The number of amides is 1. The molecule has 2 atom stereocenters. The molecule has 5 N–H and O–H groups in total. The third-order valence-electron chi connectivity index (χ3n) is 2.96. The largest absolute Gasteiger partial charge is 0.480 e. The first-order valence-electron chi connectivity index (χ1n) is 6.10. The smallest absolute Gasteiger partial charge is 0.320 e. The molecule has 19 heavy (non-hydrogen) atoms. The van der Waals surface area contributed by atoms with Gasteiger partial charge in [-0.2, -0.15) is 0 Å². The number of nitrogens with zero attached hydrogens (tertiary/aromatic N) is 2. The fourth-order valence-corrected chi connectivity index (χ4v) is 2.03. The Labute approximate surface area is 116 Å². The van der Waals surface area contributed by atoms with E-state index >= 15 is 0 Å². The number of carboxylic acid groups (broad SMARTS) is 1. The summed E-state index contributed by atoms with van der Waals surface area (Å²) in [6.45, 7) is 0.842. The summed E-state index contributed by atoms with van der Waals surface area (Å²) in [6, 6.07) is -0.884. The number of guanidine groups is 1. The summed E-state index contributed by atoms with van der Waals surface area (Å²) in [6.07, 6.45) is 1.23. The van der Waals surface area contributed by atoms with Crippen LogP contribution in [-0.4, -0.2) is 52.9 Å². The molecule has 0 aliphatic carbocycles. The number of likely N-dealkylation sites (tertiary alicyclic amines) is 1. The van der Waals surface area contributed by atoms with Crippen LogP contribution < -0.4 is 11.5 Å². The van der Waals surface area contributed by atoms with Crippen molar-refractivity contribution in [2.75, 3.05) is 19.0 Å². The highest BCUT2D eigenvalue weighted by Crippen LogP contribution is 2.18. The van der Waals surface area contributed by atoms with Crippen molar-refractivity contribution in [3.05, 3.63) is 0 Å². The summed E-state index contributed by atoms with van der Waals surface area (Å²) in [5.74, 6) is -0.404. The summed E-state index contributed by atoms with van der Waals surface area (Å²) in [4.78, 5) is 27.6. The zero-order chi connectivity index (χ0) is 14.4. The van der Waals surface area contributed by atoms with Gasteiger partial charge in [-0.3, -0.25) is 19.5 Å². The summed E-state index contributed by atoms with van der Waals surface area (Å²) < 4.78 is 0. The van der Waals surface area contributed by atoms with E-state index in [1.165, 1.54) is 4.90 Å². The fraction of sp³-hybridized carbons (Fsp3) is 0.727. The lowest BCUT2D eigenvalue weighted by Crippen LogP contribution is -2.38. The molecule has 0 aromatic heterocycles. The van der Waals surface area contributed by atoms with Gasteiger partial charge >= 0.3 is 5.97 Å². The van der Waals surface area contributed by atoms with Crippen molar-refractivity contribution in [1.82, 2.24) is 4.90 Å². The van der Waals surface area contributed by atoms with Crippen LogP contribution in [0.4, 0.5) is 0 Å². The maximum Gasteiger partial charge on any atom is 0.320 e. The number of aliphatic imine (C=N–C) groups is 1. The van der Waals surface area contributed by atoms with Gasteiger partial charge in [0.15, 0.2) is 5.96 Å². The molecule has 1 fully saturated rings. The van der Waals surface area contributed by atoms with Crippen molar-refractivity contribution in [3.8, 4) is 0 Å². The van der Waals surface area contributed by atoms with Crippen LogP contribution >= 0.6 is 11.6 Å². The Morgan fingerprint density at radius 1 is 1.63 bits per heavy atom. The first kappa shape index (κ1) is 15.7. The van der Waals surface area contributed by atoms with Gasteiger partial charge in [0.25, 0.3) is 0 Å². The van der Waals surface area contributed by atoms with Crippen LogP contribution in [0.5, 0.6) is 0 Å². The molecule has 7 nitrogen and oxygen atoms in total. The predicted octanol–water partition coefficient (Wildman–Crippen LogP) is -0.419. The lowest BCUT2D eigenvalue weighted by Gasteiger charge is -2.15. The number of rotatable bonds is 6. The number of halogens is 1. The molecular weight excluding hydrogens is 272 g/mol. The molecule has 0 aromatic rings. The van der Waals surface area contributed by atoms with E-state index in [1.807, 2.05) is 0 Å². The highest BCUT2D eigenvalue weighted by atomic mass is 35.5. The van der Waals surface area contributed by atoms with Crippen LogP contribution in [0.1, 0.15) is 19.3 Å². The lowest BCUT2D eigenvalue weighted by molar-refractivity contribution is -0.138. The number of hydrogen-bond donors (Lipinski definition) is 3. The third-order valence-corrected chi connectivity index (χ3v) is 3.40. The van der Waals surface area contributed by atoms with E-state index in [1.54, 1.807) is 0 Å². The number of nitrogens with two attached hydrogens (primary N) is 2. The van der Waals surface area contributed by atoms with E-state index in [0.717, 1.165) is 0 Å². The minimum absolute atomic E-state index is 0.0749. The zero-order valence-electron chi connectivity index (χ0n) is 10.6. The number of carbonyl (C=O) groups excluding carboxylic acids is 1. The second kappa shape index (κ2) is 7.30. The molecule has 1 saturated heterocycles. The van der Waals surface area contributed by atoms with Crippen molar-refractivity contribution >= 4 is 29.4 Å². The molecule has 1 aliphatic rings. The van der Waals surface area contributed by atoms with E-state index in [-0.39, 0.29) is 17.8 Å². The topological polar surface area (TPSA) is 122 Å². The Hall–Kier alpha value is -1.34. The molecule has 1 unspecified atom stereocenters. The van der Waals surface area contributed by atoms with Crippen molar-refractivity contribution in [2.45, 2.75) is 25.3 Å². The van der Waals surface area contributed by atoms with E-state index in [4.69, 9.17) is 28.2 Å². The van der Waals surface area contributed by atoms with Gasteiger partial charge in [0.2, 0.25) is 5.91 Å². The van der Waals surface area contributed by atoms with Gasteiger partial charge < -0.3 is 16.6 Å². The normalized spacial score (nSPS) is 21.8. The van der Waals surface area contributed by atoms with Crippen LogP contribution in [0.15, 0.2) is 4.99 Å². The molecular formula is C11H19ClN4O3. The highest BCUT2D eigenvalue weighted by molar-refractivity contribution is 6.18. The van der Waals surface area contributed by atoms with Gasteiger partial charge in [-0.1, -0.05) is 0 Å². The van der Waals surface area contributed by atoms with Crippen LogP contribution in [-0.2, 0) is 9.59 Å². The van der Waals surface area contributed by atoms with Crippen molar-refractivity contribution in [3.63, 3.8) is 0 Å². The summed E-state index contributed by atoms with van der Waals surface area (Å²) in [5, 5.41) is 8.60. The average Bonchev–Trinajstić information content (AvgIpc) is 2.75. The lowest BCUT2D eigenvalue weighted by atomic mass is 10.2. The molecule has 8 heteroatoms. The first-order valence-corrected chi connectivity index (χ1v) is 6.63. The number of hydrogen-bond acceptors (Lipinski definition) is 4. The molecule has 0 spiro atoms. The van der Waals surface area contributed by atoms with Crippen LogP contribution in [0.2, 0.25) is 0 Å². The number of carbonyl (C=O) groups is 2. The van der Waals surface area contributed by atoms with Gasteiger partial charge in [-0.05, 0) is 18.8 Å². The molecule has 1 amide bonds. The van der Waals surface area contributed by atoms with Crippen molar-refractivity contribution in [2.24, 2.45) is 22.4 Å². The third kappa shape index (κ3) is 4.68. The minimum Gasteiger partial charge on any atom is -0.480 e. The number of carboxylic acids is 1. The van der Waals surface area contributed by atoms with E-state index in [9.17, 15) is 9.59 Å². The van der Waals surface area contributed by atoms with Gasteiger partial charge in [-0.25, -0.2) is 0 Å². The number of aliphatic carboxylic acids is 1. The second-order valence-electron chi connectivity index (χ2n) is 4.56. The number of alkyl halides is 1. The molecule has 0 aromatic carbocycles. The fourth-order valence-electron chi connectivity index (χ4n) is 1.82. The van der Waals surface area contributed by atoms with Gasteiger partial charge in [0, 0.05) is 25.4 Å². The van der Waals surface area contributed by atoms with Gasteiger partial charge in [-0.15, -0.1) is 11.6 Å². The van der Waals surface area contributed by atoms with Crippen molar-refractivity contribution in [1.29, 1.82) is 0 Å². The summed E-state index contributed by atoms with van der Waals surface area (Å²) >= 11 is 5.71. The van der Waals surface area contributed by atoms with Crippen molar-refractivity contribution < 1.29 is 14.7 Å². The summed E-state index contributed by atoms with van der Waals surface area (Å²) in [5.41, 5.74) is 11.1. The second-order valence-corrected chi connectivity index (χ2v) is 4.86. The predicted molar refractivity (Wildman–Crippen MR) is 71.9 cm³/mol. The Bertz CT molecular complexity index is 375. The highest BCUT2D eigenvalue weighted by Gasteiger charge is 2.30. The van der Waals surface area contributed by atoms with Crippen LogP contribution in [0.25, 0.3) is 0 Å². The standard InChI is InChI=1S/C11H19ClN4O3/c12-5-7-4-9(17)16(6-7)11(14)15-3-1-2-8(13)10(18)19/h7-8H,1-6,13H2,(H2,14,15)(H,18,19)/t7?,8-/m0/s1. The Morgan fingerprint density at radius 2 is 2.32 bits per heavy atom. The van der Waals surface area contributed by atoms with E-state index in [2.05, 4.69) is 4.99 Å².